The third-order valence-corrected chi connectivity index (χ3v) is 6.31. The summed E-state index contributed by atoms with van der Waals surface area (Å²) in [6, 6.07) is 1.82. The summed E-state index contributed by atoms with van der Waals surface area (Å²) in [5.41, 5.74) is -1.93. The van der Waals surface area contributed by atoms with Crippen molar-refractivity contribution in [3.63, 3.8) is 0 Å². The van der Waals surface area contributed by atoms with E-state index >= 15 is 0 Å². The van der Waals surface area contributed by atoms with Crippen LogP contribution in [0.25, 0.3) is 10.2 Å². The third kappa shape index (κ3) is 3.55. The minimum atomic E-state index is -4.74. The first-order valence-corrected chi connectivity index (χ1v) is 10.2. The molecule has 1 aliphatic carbocycles. The van der Waals surface area contributed by atoms with Gasteiger partial charge in [-0.15, -0.1) is 0 Å². The van der Waals surface area contributed by atoms with E-state index in [9.17, 15) is 27.9 Å². The smallest absolute Gasteiger partial charge is 0.418 e. The molecule has 0 saturated heterocycles. The number of alkyl halides is 3. The summed E-state index contributed by atoms with van der Waals surface area (Å²) >= 11 is 1.05. The highest BCUT2D eigenvalue weighted by Crippen LogP contribution is 2.44. The summed E-state index contributed by atoms with van der Waals surface area (Å²) in [6.45, 7) is 1.61. The van der Waals surface area contributed by atoms with E-state index in [0.29, 0.717) is 23.4 Å². The van der Waals surface area contributed by atoms with E-state index in [1.54, 1.807) is 6.92 Å². The van der Waals surface area contributed by atoms with E-state index in [4.69, 9.17) is 0 Å². The lowest BCUT2D eigenvalue weighted by atomic mass is 9.94. The summed E-state index contributed by atoms with van der Waals surface area (Å²) in [6.07, 6.45) is -0.385. The molecule has 0 spiro atoms. The van der Waals surface area contributed by atoms with Crippen molar-refractivity contribution in [2.45, 2.75) is 44.7 Å². The van der Waals surface area contributed by atoms with E-state index in [1.165, 1.54) is 0 Å². The molecule has 2 heterocycles. The number of aromatic nitrogens is 2. The standard InChI is InChI=1S/C20H18F3N3O3S.H2/c1-9-16-17(28)12(8-24-19(16)30-26-9)18(29)25-14-7-15(27)11(10-4-2-3-5-10)6-13(14)20(21,22)23;/h6-8,10,27H,2-5H2,1H3,(H,24,28)(H,25,29);1H. The van der Waals surface area contributed by atoms with Crippen LogP contribution in [0.2, 0.25) is 0 Å². The van der Waals surface area contributed by atoms with Gasteiger partial charge in [0.15, 0.2) is 0 Å². The van der Waals surface area contributed by atoms with E-state index in [0.717, 1.165) is 42.7 Å². The molecule has 0 atom stereocenters. The Labute approximate surface area is 174 Å². The van der Waals surface area contributed by atoms with E-state index in [1.807, 2.05) is 0 Å². The maximum atomic E-state index is 13.7. The second-order valence-electron chi connectivity index (χ2n) is 7.39. The van der Waals surface area contributed by atoms with Crippen LogP contribution in [0.5, 0.6) is 5.75 Å². The van der Waals surface area contributed by atoms with Crippen LogP contribution in [0.15, 0.2) is 23.1 Å². The van der Waals surface area contributed by atoms with Gasteiger partial charge in [-0.05, 0) is 48.8 Å². The number of phenols is 1. The number of nitrogens with one attached hydrogen (secondary N) is 2. The maximum absolute atomic E-state index is 13.7. The Bertz CT molecular complexity index is 1200. The van der Waals surface area contributed by atoms with Gasteiger partial charge >= 0.3 is 6.18 Å². The fourth-order valence-corrected chi connectivity index (χ4v) is 4.70. The summed E-state index contributed by atoms with van der Waals surface area (Å²) in [4.78, 5) is 28.5. The highest BCUT2D eigenvalue weighted by atomic mass is 32.1. The fourth-order valence-electron chi connectivity index (χ4n) is 3.94. The molecule has 6 nitrogen and oxygen atoms in total. The van der Waals surface area contributed by atoms with Gasteiger partial charge in [0.25, 0.3) is 5.91 Å². The highest BCUT2D eigenvalue weighted by Gasteiger charge is 2.36. The number of aryl methyl sites for hydroxylation is 1. The van der Waals surface area contributed by atoms with Crippen LogP contribution in [-0.2, 0) is 6.18 Å². The monoisotopic (exact) mass is 439 g/mol. The Morgan fingerprint density at radius 1 is 1.33 bits per heavy atom. The van der Waals surface area contributed by atoms with E-state index < -0.39 is 28.8 Å². The zero-order chi connectivity index (χ0) is 21.6. The van der Waals surface area contributed by atoms with Gasteiger partial charge in [-0.25, -0.2) is 0 Å². The van der Waals surface area contributed by atoms with Crippen LogP contribution in [0.4, 0.5) is 18.9 Å². The number of aromatic hydroxyl groups is 1. The number of H-pyrrole nitrogens is 1. The first-order chi connectivity index (χ1) is 14.2. The molecule has 1 aliphatic rings. The molecule has 0 aliphatic heterocycles. The van der Waals surface area contributed by atoms with Crippen LogP contribution in [0.3, 0.4) is 0 Å². The van der Waals surface area contributed by atoms with Gasteiger partial charge in [-0.2, -0.15) is 17.5 Å². The van der Waals surface area contributed by atoms with Crippen molar-refractivity contribution in [3.05, 3.63) is 50.9 Å². The minimum Gasteiger partial charge on any atom is -0.508 e. The van der Waals surface area contributed by atoms with E-state index in [-0.39, 0.29) is 29.6 Å². The Kier molecular flexibility index (Phi) is 5.05. The number of rotatable bonds is 3. The van der Waals surface area contributed by atoms with Gasteiger partial charge in [-0.1, -0.05) is 12.8 Å². The maximum Gasteiger partial charge on any atom is 0.418 e. The van der Waals surface area contributed by atoms with Crippen LogP contribution < -0.4 is 10.7 Å². The van der Waals surface area contributed by atoms with Crippen molar-refractivity contribution in [1.82, 2.24) is 9.36 Å². The average molecular weight is 439 g/mol. The Hall–Kier alpha value is -2.88. The number of carbonyl (C=O) groups excluding carboxylic acids is 1. The molecule has 1 aromatic carbocycles. The topological polar surface area (TPSA) is 95.1 Å². The minimum absolute atomic E-state index is 0. The predicted octanol–water partition coefficient (Wildman–Crippen LogP) is 5.17. The lowest BCUT2D eigenvalue weighted by molar-refractivity contribution is -0.137. The first-order valence-electron chi connectivity index (χ1n) is 9.40. The number of phenolic OH excluding ortho intramolecular Hbond substituents is 1. The molecule has 0 radical (unpaired) electrons. The quantitative estimate of drug-likeness (QED) is 0.524. The number of nitrogens with zero attached hydrogens (tertiary/aromatic N) is 1. The van der Waals surface area contributed by atoms with Gasteiger partial charge in [0.2, 0.25) is 5.43 Å². The van der Waals surface area contributed by atoms with Crippen molar-refractivity contribution in [2.75, 3.05) is 5.32 Å². The number of hydrogen-bond donors (Lipinski definition) is 3. The molecule has 160 valence electrons. The Morgan fingerprint density at radius 3 is 2.70 bits per heavy atom. The first kappa shape index (κ1) is 20.4. The predicted molar refractivity (Wildman–Crippen MR) is 109 cm³/mol. The number of halogens is 3. The molecular weight excluding hydrogens is 419 g/mol. The number of pyridine rings is 1. The number of amides is 1. The molecule has 1 saturated carbocycles. The summed E-state index contributed by atoms with van der Waals surface area (Å²) in [5, 5.41) is 12.7. The number of fused-ring (bicyclic) bond motifs is 1. The van der Waals surface area contributed by atoms with Crippen molar-refractivity contribution < 1.29 is 24.5 Å². The van der Waals surface area contributed by atoms with Crippen molar-refractivity contribution >= 4 is 33.3 Å². The molecule has 3 aromatic rings. The SMILES string of the molecule is Cc1nsc2[nH]cc(C(=O)Nc3cc(O)c(C4CCCC4)cc3C(F)(F)F)c(=O)c12.[HH]. The third-order valence-electron chi connectivity index (χ3n) is 5.44. The molecule has 10 heteroatoms. The summed E-state index contributed by atoms with van der Waals surface area (Å²) in [5.74, 6) is -1.44. The lowest BCUT2D eigenvalue weighted by Gasteiger charge is -2.19. The normalized spacial score (nSPS) is 15.1. The number of hydrogen-bond acceptors (Lipinski definition) is 5. The second-order valence-corrected chi connectivity index (χ2v) is 8.17. The van der Waals surface area contributed by atoms with Gasteiger partial charge in [0.1, 0.15) is 16.1 Å². The Balaban J connectivity index is 0.00000272. The highest BCUT2D eigenvalue weighted by molar-refractivity contribution is 7.12. The fraction of sp³-hybridized carbons (Fsp3) is 0.350. The number of anilines is 1. The molecule has 30 heavy (non-hydrogen) atoms. The number of benzene rings is 1. The summed E-state index contributed by atoms with van der Waals surface area (Å²) < 4.78 is 45.1. The number of carbonyl (C=O) groups is 1. The summed E-state index contributed by atoms with van der Waals surface area (Å²) in [7, 11) is 0. The zero-order valence-electron chi connectivity index (χ0n) is 15.9. The molecule has 2 aromatic heterocycles. The van der Waals surface area contributed by atoms with Gasteiger partial charge < -0.3 is 15.4 Å². The largest absolute Gasteiger partial charge is 0.508 e. The van der Waals surface area contributed by atoms with Crippen LogP contribution in [-0.4, -0.2) is 20.4 Å². The van der Waals surface area contributed by atoms with Crippen LogP contribution >= 0.6 is 11.5 Å². The van der Waals surface area contributed by atoms with Crippen molar-refractivity contribution in [3.8, 4) is 5.75 Å². The van der Waals surface area contributed by atoms with Crippen molar-refractivity contribution in [2.24, 2.45) is 0 Å². The zero-order valence-corrected chi connectivity index (χ0v) is 16.7. The molecular formula is C20H20F3N3O3S. The molecule has 0 bridgehead atoms. The van der Waals surface area contributed by atoms with Gasteiger partial charge in [-0.3, -0.25) is 9.59 Å². The Morgan fingerprint density at radius 2 is 2.03 bits per heavy atom. The molecule has 4 rings (SSSR count). The number of aromatic amines is 1. The molecule has 0 unspecified atom stereocenters. The van der Waals surface area contributed by atoms with Gasteiger partial charge in [0, 0.05) is 13.7 Å². The van der Waals surface area contributed by atoms with Crippen LogP contribution in [0.1, 0.15) is 60.2 Å². The van der Waals surface area contributed by atoms with Gasteiger partial charge in [0.05, 0.1) is 22.3 Å². The van der Waals surface area contributed by atoms with E-state index in [2.05, 4.69) is 14.7 Å². The van der Waals surface area contributed by atoms with Crippen molar-refractivity contribution in [1.29, 1.82) is 0 Å². The average Bonchev–Trinajstić information content (AvgIpc) is 3.31. The molecule has 3 N–H and O–H groups in total. The second kappa shape index (κ2) is 7.42. The molecule has 1 amide bonds. The van der Waals surface area contributed by atoms with Crippen LogP contribution in [0, 0.1) is 6.92 Å². The lowest BCUT2D eigenvalue weighted by Crippen LogP contribution is -2.23. The molecule has 1 fully saturated rings.